The number of aromatic nitrogens is 3. The van der Waals surface area contributed by atoms with Crippen molar-refractivity contribution >= 4 is 68.8 Å². The zero-order chi connectivity index (χ0) is 22.9. The second-order valence-electron chi connectivity index (χ2n) is 6.46. The van der Waals surface area contributed by atoms with Gasteiger partial charge in [0.05, 0.1) is 4.88 Å². The number of aromatic amines is 1. The molecule has 32 heavy (non-hydrogen) atoms. The number of β-lactam (4-membered cyclic amide) rings is 1. The highest BCUT2D eigenvalue weighted by molar-refractivity contribution is 8.01. The van der Waals surface area contributed by atoms with Crippen LogP contribution in [0.15, 0.2) is 40.3 Å². The van der Waals surface area contributed by atoms with Gasteiger partial charge in [-0.25, -0.2) is 9.00 Å². The molecule has 2 aromatic heterocycles. The molecule has 1 fully saturated rings. The Morgan fingerprint density at radius 2 is 2.31 bits per heavy atom. The zero-order valence-corrected chi connectivity index (χ0v) is 19.5. The molecular weight excluding hydrogens is 498 g/mol. The normalized spacial score (nSPS) is 22.2. The van der Waals surface area contributed by atoms with Crippen LogP contribution in [0.2, 0.25) is 0 Å². The van der Waals surface area contributed by atoms with E-state index in [1.165, 1.54) is 48.3 Å². The summed E-state index contributed by atoms with van der Waals surface area (Å²) < 4.78 is 17.0. The van der Waals surface area contributed by atoms with Gasteiger partial charge in [-0.15, -0.1) is 33.3 Å². The Kier molecular flexibility index (Phi) is 6.52. The van der Waals surface area contributed by atoms with Crippen LogP contribution in [-0.4, -0.2) is 81.8 Å². The molecule has 2 aromatic rings. The molecule has 2 atom stereocenters. The van der Waals surface area contributed by atoms with Crippen LogP contribution < -0.4 is 5.32 Å². The lowest BCUT2D eigenvalue weighted by atomic mass is 9.98. The highest BCUT2D eigenvalue weighted by Crippen LogP contribution is 2.47. The molecule has 2 amide bonds. The summed E-state index contributed by atoms with van der Waals surface area (Å²) in [7, 11) is 1.25. The first-order valence-electron chi connectivity index (χ1n) is 8.90. The van der Waals surface area contributed by atoms with Crippen molar-refractivity contribution in [2.45, 2.75) is 16.3 Å². The summed E-state index contributed by atoms with van der Waals surface area (Å²) in [4.78, 5) is 42.2. The number of carboxylic acid groups (broad SMARTS) is 1. The molecule has 0 radical (unpaired) electrons. The largest absolute Gasteiger partial charge is 0.477 e. The van der Waals surface area contributed by atoms with Crippen molar-refractivity contribution in [2.75, 3.05) is 18.6 Å². The number of aliphatic carboxylic acids is 1. The van der Waals surface area contributed by atoms with E-state index in [9.17, 15) is 23.7 Å². The Morgan fingerprint density at radius 3 is 2.91 bits per heavy atom. The van der Waals surface area contributed by atoms with Crippen molar-refractivity contribution in [3.8, 4) is 0 Å². The molecule has 11 nitrogen and oxygen atoms in total. The van der Waals surface area contributed by atoms with Crippen LogP contribution in [0.3, 0.4) is 0 Å². The van der Waals surface area contributed by atoms with Gasteiger partial charge in [0.15, 0.2) is 5.16 Å². The highest BCUT2D eigenvalue weighted by atomic mass is 32.2. The molecule has 15 heteroatoms. The monoisotopic (exact) mass is 513 g/mol. The predicted molar refractivity (Wildman–Crippen MR) is 119 cm³/mol. The van der Waals surface area contributed by atoms with Gasteiger partial charge in [0.2, 0.25) is 0 Å². The lowest BCUT2D eigenvalue weighted by molar-refractivity contribution is -0.191. The Balaban J connectivity index is 1.58. The van der Waals surface area contributed by atoms with E-state index in [2.05, 4.69) is 20.5 Å². The SMILES string of the molecule is CO[C@@]1(NC(=O)C(=S=O)c2cccs2)C(=O)N2C(C(=O)O)=C(CSc3nnc[nH]3)CS[C@@H]21. The molecule has 0 saturated carbocycles. The third-order valence-electron chi connectivity index (χ3n) is 4.75. The first-order valence-corrected chi connectivity index (χ1v) is 12.6. The maximum atomic E-state index is 13.1. The molecule has 4 heterocycles. The van der Waals surface area contributed by atoms with Crippen molar-refractivity contribution in [3.05, 3.63) is 40.0 Å². The van der Waals surface area contributed by atoms with Crippen LogP contribution in [0.4, 0.5) is 0 Å². The highest BCUT2D eigenvalue weighted by Gasteiger charge is 2.66. The van der Waals surface area contributed by atoms with Gasteiger partial charge in [-0.05, 0) is 17.0 Å². The van der Waals surface area contributed by atoms with Crippen molar-refractivity contribution in [1.82, 2.24) is 25.4 Å². The fourth-order valence-corrected chi connectivity index (χ4v) is 6.84. The van der Waals surface area contributed by atoms with Crippen molar-refractivity contribution in [2.24, 2.45) is 0 Å². The third kappa shape index (κ3) is 3.79. The number of nitrogens with zero attached hydrogens (tertiary/aromatic N) is 3. The minimum Gasteiger partial charge on any atom is -0.477 e. The Bertz CT molecular complexity index is 1140. The number of carboxylic acids is 1. The Morgan fingerprint density at radius 1 is 1.50 bits per heavy atom. The van der Waals surface area contributed by atoms with Gasteiger partial charge in [0.1, 0.15) is 33.5 Å². The molecule has 2 aliphatic rings. The summed E-state index contributed by atoms with van der Waals surface area (Å²) in [6, 6.07) is 3.32. The lowest BCUT2D eigenvalue weighted by Gasteiger charge is -2.55. The van der Waals surface area contributed by atoms with Gasteiger partial charge in [0.25, 0.3) is 17.5 Å². The van der Waals surface area contributed by atoms with Crippen LogP contribution in [0, 0.1) is 0 Å². The van der Waals surface area contributed by atoms with E-state index in [-0.39, 0.29) is 27.6 Å². The topological polar surface area (TPSA) is 155 Å². The van der Waals surface area contributed by atoms with Gasteiger partial charge >= 0.3 is 5.97 Å². The van der Waals surface area contributed by atoms with Crippen LogP contribution >= 0.6 is 34.9 Å². The number of hydrogen-bond acceptors (Lipinski definition) is 10. The number of rotatable bonds is 8. The van der Waals surface area contributed by atoms with Gasteiger partial charge in [0, 0.05) is 18.6 Å². The minimum absolute atomic E-state index is 0.0208. The summed E-state index contributed by atoms with van der Waals surface area (Å²) >= 11 is 3.77. The number of H-pyrrole nitrogens is 1. The first kappa shape index (κ1) is 22.7. The van der Waals surface area contributed by atoms with Gasteiger partial charge in [-0.2, -0.15) is 0 Å². The first-order chi connectivity index (χ1) is 15.4. The van der Waals surface area contributed by atoms with E-state index in [1.807, 2.05) is 0 Å². The van der Waals surface area contributed by atoms with E-state index < -0.39 is 28.9 Å². The molecule has 1 saturated heterocycles. The molecule has 0 spiro atoms. The van der Waals surface area contributed by atoms with E-state index >= 15 is 0 Å². The van der Waals surface area contributed by atoms with Gasteiger partial charge in [-0.3, -0.25) is 14.5 Å². The number of carbonyl (C=O) groups excluding carboxylic acids is 2. The number of thiophene rings is 1. The van der Waals surface area contributed by atoms with Crippen molar-refractivity contribution in [3.63, 3.8) is 0 Å². The average Bonchev–Trinajstić information content (AvgIpc) is 3.50. The number of amides is 2. The molecule has 0 bridgehead atoms. The number of ether oxygens (including phenoxy) is 1. The number of thioether (sulfide) groups is 2. The van der Waals surface area contributed by atoms with E-state index in [0.29, 0.717) is 21.4 Å². The van der Waals surface area contributed by atoms with Crippen LogP contribution in [-0.2, 0) is 30.4 Å². The second-order valence-corrected chi connectivity index (χ2v) is 10.0. The molecule has 4 rings (SSSR count). The average molecular weight is 514 g/mol. The quantitative estimate of drug-likeness (QED) is 0.146. The fraction of sp³-hybridized carbons (Fsp3) is 0.294. The summed E-state index contributed by atoms with van der Waals surface area (Å²) in [6.07, 6.45) is 1.41. The molecule has 0 unspecified atom stereocenters. The lowest BCUT2D eigenvalue weighted by Crippen LogP contribution is -2.81. The maximum Gasteiger partial charge on any atom is 0.352 e. The Hall–Kier alpha value is -2.46. The van der Waals surface area contributed by atoms with E-state index in [0.717, 1.165) is 4.90 Å². The third-order valence-corrected chi connectivity index (χ3v) is 8.67. The van der Waals surface area contributed by atoms with E-state index in [1.54, 1.807) is 17.5 Å². The minimum atomic E-state index is -1.77. The summed E-state index contributed by atoms with van der Waals surface area (Å²) in [5, 5.41) is 21.3. The fourth-order valence-electron chi connectivity index (χ4n) is 3.30. The summed E-state index contributed by atoms with van der Waals surface area (Å²) in [5.41, 5.74) is -1.39. The molecule has 0 aliphatic carbocycles. The van der Waals surface area contributed by atoms with Gasteiger partial charge in [-0.1, -0.05) is 17.8 Å². The smallest absolute Gasteiger partial charge is 0.352 e. The standard InChI is InChI=1S/C17H15N5O6S4/c1-28-17(20-12(23)11(32-27)9-3-2-4-29-9)14(26)22-10(13(24)25)8(5-30-15(17)22)6-31-16-18-7-19-21-16/h2-4,7,15H,5-6H2,1H3,(H,20,23)(H,24,25)(H,18,19,21)/t15-,17+/m1/s1. The summed E-state index contributed by atoms with van der Waals surface area (Å²) in [5.74, 6) is -2.14. The van der Waals surface area contributed by atoms with Crippen molar-refractivity contribution < 1.29 is 28.4 Å². The zero-order valence-electron chi connectivity index (χ0n) is 16.3. The number of fused-ring (bicyclic) bond motifs is 1. The van der Waals surface area contributed by atoms with Crippen molar-refractivity contribution in [1.29, 1.82) is 0 Å². The van der Waals surface area contributed by atoms with Crippen LogP contribution in [0.25, 0.3) is 0 Å². The molecular formula is C17H15N5O6S4. The summed E-state index contributed by atoms with van der Waals surface area (Å²) in [6.45, 7) is 0. The second kappa shape index (κ2) is 9.19. The maximum absolute atomic E-state index is 13.1. The number of nitrogens with one attached hydrogen (secondary N) is 2. The Labute approximate surface area is 197 Å². The number of methoxy groups -OCH3 is 1. The number of carbonyl (C=O) groups is 3. The van der Waals surface area contributed by atoms with Gasteiger partial charge < -0.3 is 20.1 Å². The number of hydrogen-bond donors (Lipinski definition) is 3. The molecule has 3 N–H and O–H groups in total. The molecule has 0 aromatic carbocycles. The molecule has 2 aliphatic heterocycles. The van der Waals surface area contributed by atoms with Crippen LogP contribution in [0.1, 0.15) is 4.88 Å². The van der Waals surface area contributed by atoms with Crippen LogP contribution in [0.5, 0.6) is 0 Å². The van der Waals surface area contributed by atoms with E-state index in [4.69, 9.17) is 4.74 Å². The molecule has 168 valence electrons. The predicted octanol–water partition coefficient (Wildman–Crippen LogP) is 0.105.